The van der Waals surface area contributed by atoms with Crippen molar-refractivity contribution in [2.24, 2.45) is 0 Å². The number of nitrogens with one attached hydrogen (secondary N) is 2. The van der Waals surface area contributed by atoms with E-state index in [2.05, 4.69) is 32.6 Å². The molecule has 0 fully saturated rings. The summed E-state index contributed by atoms with van der Waals surface area (Å²) in [6.45, 7) is 2.51. The van der Waals surface area contributed by atoms with Crippen molar-refractivity contribution in [2.45, 2.75) is 13.3 Å². The number of benzene rings is 2. The average molecular weight is 457 g/mol. The highest BCUT2D eigenvalue weighted by atomic mass is 79.9. The van der Waals surface area contributed by atoms with E-state index in [0.717, 1.165) is 16.9 Å². The fourth-order valence-corrected chi connectivity index (χ4v) is 3.16. The number of ether oxygens (including phenoxy) is 1. The molecule has 2 N–H and O–H groups in total. The lowest BCUT2D eigenvalue weighted by atomic mass is 10.1. The fraction of sp³-hybridized carbons (Fsp3) is 0.182. The third-order valence-corrected chi connectivity index (χ3v) is 4.74. The van der Waals surface area contributed by atoms with Gasteiger partial charge in [0, 0.05) is 17.8 Å². The number of anilines is 1. The largest absolute Gasteiger partial charge is 0.496 e. The lowest BCUT2D eigenvalue weighted by molar-refractivity contribution is 0.0953. The van der Waals surface area contributed by atoms with E-state index in [1.54, 1.807) is 43.5 Å². The zero-order valence-corrected chi connectivity index (χ0v) is 17.7. The highest BCUT2D eigenvalue weighted by molar-refractivity contribution is 9.10. The van der Waals surface area contributed by atoms with Gasteiger partial charge in [0.25, 0.3) is 11.8 Å². The molecule has 0 unspecified atom stereocenters. The van der Waals surface area contributed by atoms with Crippen molar-refractivity contribution in [2.75, 3.05) is 19.0 Å². The maximum absolute atomic E-state index is 12.4. The van der Waals surface area contributed by atoms with E-state index in [4.69, 9.17) is 9.15 Å². The zero-order chi connectivity index (χ0) is 20.8. The van der Waals surface area contributed by atoms with Gasteiger partial charge in [0.2, 0.25) is 0 Å². The molecule has 150 valence electrons. The summed E-state index contributed by atoms with van der Waals surface area (Å²) in [5.41, 5.74) is 3.28. The van der Waals surface area contributed by atoms with Crippen LogP contribution in [0.15, 0.2) is 63.7 Å². The highest BCUT2D eigenvalue weighted by Crippen LogP contribution is 2.20. The number of furan rings is 1. The molecule has 0 radical (unpaired) electrons. The molecule has 3 aromatic rings. The molecule has 0 saturated carbocycles. The van der Waals surface area contributed by atoms with Crippen LogP contribution >= 0.6 is 15.9 Å². The molecule has 0 saturated heterocycles. The van der Waals surface area contributed by atoms with Gasteiger partial charge in [-0.15, -0.1) is 0 Å². The lowest BCUT2D eigenvalue weighted by Crippen LogP contribution is -2.25. The van der Waals surface area contributed by atoms with Gasteiger partial charge in [-0.1, -0.05) is 17.7 Å². The van der Waals surface area contributed by atoms with Crippen molar-refractivity contribution >= 4 is 33.4 Å². The summed E-state index contributed by atoms with van der Waals surface area (Å²) in [5.74, 6) is 0.475. The standard InChI is InChI=1S/C22H21BrN2O4/c1-14-3-8-18(28-2)16(13-14)11-12-24-21(26)15-4-6-17(7-5-15)25-22(27)19-9-10-20(23)29-19/h3-10,13H,11-12H2,1-2H3,(H,24,26)(H,25,27). The van der Waals surface area contributed by atoms with Crippen LogP contribution in [0.1, 0.15) is 32.0 Å². The number of carbonyl (C=O) groups excluding carboxylic acids is 2. The lowest BCUT2D eigenvalue weighted by Gasteiger charge is -2.10. The Labute approximate surface area is 177 Å². The molecular weight excluding hydrogens is 436 g/mol. The van der Waals surface area contributed by atoms with Gasteiger partial charge >= 0.3 is 0 Å². The van der Waals surface area contributed by atoms with Crippen LogP contribution in [0.2, 0.25) is 0 Å². The van der Waals surface area contributed by atoms with Gasteiger partial charge in [0.1, 0.15) is 5.75 Å². The smallest absolute Gasteiger partial charge is 0.291 e. The third-order valence-electron chi connectivity index (χ3n) is 4.32. The van der Waals surface area contributed by atoms with E-state index in [1.165, 1.54) is 0 Å². The monoisotopic (exact) mass is 456 g/mol. The van der Waals surface area contributed by atoms with Crippen molar-refractivity contribution in [1.82, 2.24) is 5.32 Å². The molecule has 1 aromatic heterocycles. The van der Waals surface area contributed by atoms with Crippen molar-refractivity contribution in [3.05, 3.63) is 81.7 Å². The number of methoxy groups -OCH3 is 1. The maximum Gasteiger partial charge on any atom is 0.291 e. The molecule has 3 rings (SSSR count). The molecule has 0 aliphatic heterocycles. The molecule has 0 aliphatic rings. The molecule has 2 aromatic carbocycles. The van der Waals surface area contributed by atoms with Crippen molar-refractivity contribution in [3.8, 4) is 5.75 Å². The van der Waals surface area contributed by atoms with E-state index in [9.17, 15) is 9.59 Å². The first kappa shape index (κ1) is 20.7. The van der Waals surface area contributed by atoms with Crippen LogP contribution in [0.5, 0.6) is 5.75 Å². The third kappa shape index (κ3) is 5.48. The normalized spacial score (nSPS) is 10.4. The summed E-state index contributed by atoms with van der Waals surface area (Å²) in [5, 5.41) is 5.63. The topological polar surface area (TPSA) is 80.6 Å². The van der Waals surface area contributed by atoms with Crippen LogP contribution < -0.4 is 15.4 Å². The second kappa shape index (κ2) is 9.43. The van der Waals surface area contributed by atoms with Crippen LogP contribution in [0.4, 0.5) is 5.69 Å². The van der Waals surface area contributed by atoms with Crippen molar-refractivity contribution in [3.63, 3.8) is 0 Å². The fourth-order valence-electron chi connectivity index (χ4n) is 2.85. The second-order valence-corrected chi connectivity index (χ2v) is 7.24. The Morgan fingerprint density at radius 1 is 1.03 bits per heavy atom. The number of amides is 2. The summed E-state index contributed by atoms with van der Waals surface area (Å²) in [4.78, 5) is 24.4. The summed E-state index contributed by atoms with van der Waals surface area (Å²) in [6.07, 6.45) is 0.670. The van der Waals surface area contributed by atoms with Gasteiger partial charge in [-0.25, -0.2) is 0 Å². The Bertz CT molecular complexity index is 1010. The quantitative estimate of drug-likeness (QED) is 0.544. The Morgan fingerprint density at radius 2 is 1.79 bits per heavy atom. The minimum absolute atomic E-state index is 0.176. The molecule has 7 heteroatoms. The van der Waals surface area contributed by atoms with Gasteiger partial charge in [-0.05, 0) is 77.3 Å². The first-order chi connectivity index (χ1) is 14.0. The molecule has 0 aliphatic carbocycles. The Balaban J connectivity index is 1.54. The number of rotatable bonds is 7. The molecule has 1 heterocycles. The SMILES string of the molecule is COc1ccc(C)cc1CCNC(=O)c1ccc(NC(=O)c2ccc(Br)o2)cc1. The number of aryl methyl sites for hydroxylation is 1. The summed E-state index contributed by atoms with van der Waals surface area (Å²) in [7, 11) is 1.64. The predicted molar refractivity (Wildman–Crippen MR) is 115 cm³/mol. The maximum atomic E-state index is 12.4. The molecule has 6 nitrogen and oxygen atoms in total. The van der Waals surface area contributed by atoms with E-state index < -0.39 is 0 Å². The Hall–Kier alpha value is -3.06. The first-order valence-corrected chi connectivity index (χ1v) is 9.84. The van der Waals surface area contributed by atoms with Gasteiger partial charge in [-0.2, -0.15) is 0 Å². The van der Waals surface area contributed by atoms with Crippen LogP contribution in [-0.4, -0.2) is 25.5 Å². The Morgan fingerprint density at radius 3 is 2.45 bits per heavy atom. The molecule has 29 heavy (non-hydrogen) atoms. The van der Waals surface area contributed by atoms with E-state index >= 15 is 0 Å². The summed E-state index contributed by atoms with van der Waals surface area (Å²) < 4.78 is 11.1. The van der Waals surface area contributed by atoms with Crippen LogP contribution in [0.25, 0.3) is 0 Å². The van der Waals surface area contributed by atoms with Crippen LogP contribution in [0, 0.1) is 6.92 Å². The molecule has 0 atom stereocenters. The van der Waals surface area contributed by atoms with Gasteiger partial charge in [0.15, 0.2) is 10.4 Å². The number of hydrogen-bond donors (Lipinski definition) is 2. The number of carbonyl (C=O) groups is 2. The van der Waals surface area contributed by atoms with Gasteiger partial charge < -0.3 is 19.8 Å². The van der Waals surface area contributed by atoms with Crippen LogP contribution in [-0.2, 0) is 6.42 Å². The summed E-state index contributed by atoms with van der Waals surface area (Å²) in [6, 6.07) is 15.9. The van der Waals surface area contributed by atoms with Gasteiger partial charge in [-0.3, -0.25) is 9.59 Å². The Kier molecular flexibility index (Phi) is 6.72. The molecular formula is C22H21BrN2O4. The first-order valence-electron chi connectivity index (χ1n) is 9.05. The van der Waals surface area contributed by atoms with Crippen molar-refractivity contribution in [1.29, 1.82) is 0 Å². The van der Waals surface area contributed by atoms with E-state index in [1.807, 2.05) is 19.1 Å². The summed E-state index contributed by atoms with van der Waals surface area (Å²) >= 11 is 3.16. The van der Waals surface area contributed by atoms with Crippen molar-refractivity contribution < 1.29 is 18.7 Å². The second-order valence-electron chi connectivity index (χ2n) is 6.46. The molecule has 0 spiro atoms. The minimum Gasteiger partial charge on any atom is -0.496 e. The predicted octanol–water partition coefficient (Wildman–Crippen LogP) is 4.58. The van der Waals surface area contributed by atoms with Gasteiger partial charge in [0.05, 0.1) is 7.11 Å². The average Bonchev–Trinajstić information content (AvgIpc) is 3.15. The van der Waals surface area contributed by atoms with E-state index in [0.29, 0.717) is 28.9 Å². The molecule has 0 bridgehead atoms. The number of halogens is 1. The highest BCUT2D eigenvalue weighted by Gasteiger charge is 2.12. The minimum atomic E-state index is -0.361. The van der Waals surface area contributed by atoms with E-state index in [-0.39, 0.29) is 17.6 Å². The zero-order valence-electron chi connectivity index (χ0n) is 16.1. The number of hydrogen-bond acceptors (Lipinski definition) is 4. The van der Waals surface area contributed by atoms with Crippen LogP contribution in [0.3, 0.4) is 0 Å². The molecule has 2 amide bonds.